The molecular formula is C55H38N2. The van der Waals surface area contributed by atoms with Crippen molar-refractivity contribution in [3.8, 4) is 67.3 Å². The maximum absolute atomic E-state index is 5.34. The molecule has 0 amide bonds. The van der Waals surface area contributed by atoms with E-state index in [-0.39, 0.29) is 5.41 Å². The number of fused-ring (bicyclic) bond motifs is 6. The fourth-order valence-corrected chi connectivity index (χ4v) is 9.11. The van der Waals surface area contributed by atoms with E-state index in [4.69, 9.17) is 9.97 Å². The highest BCUT2D eigenvalue weighted by atomic mass is 14.9. The first kappa shape index (κ1) is 33.2. The van der Waals surface area contributed by atoms with Crippen LogP contribution in [0.15, 0.2) is 194 Å². The molecule has 1 aliphatic rings. The van der Waals surface area contributed by atoms with Gasteiger partial charge < -0.3 is 0 Å². The SMILES string of the molecule is CC1(C)c2cc3ccccc3cc2-c2c(-c3cc(-c4ccc(-c5ccc(-c6ccc7ccccc7c6)cc5)c5ccccc45)nc(-c4ccccc4)n3)cccc21. The summed E-state index contributed by atoms with van der Waals surface area (Å²) in [6.07, 6.45) is 0. The van der Waals surface area contributed by atoms with Crippen molar-refractivity contribution in [2.24, 2.45) is 0 Å². The first-order valence-electron chi connectivity index (χ1n) is 19.7. The third kappa shape index (κ3) is 5.48. The fraction of sp³-hybridized carbons (Fsp3) is 0.0545. The largest absolute Gasteiger partial charge is 0.228 e. The van der Waals surface area contributed by atoms with Gasteiger partial charge >= 0.3 is 0 Å². The summed E-state index contributed by atoms with van der Waals surface area (Å²) in [6.45, 7) is 4.70. The second kappa shape index (κ2) is 13.0. The van der Waals surface area contributed by atoms with E-state index in [2.05, 4.69) is 202 Å². The number of benzene rings is 9. The monoisotopic (exact) mass is 726 g/mol. The molecule has 0 radical (unpaired) electrons. The van der Waals surface area contributed by atoms with Gasteiger partial charge in [-0.05, 0) is 101 Å². The Balaban J connectivity index is 1.06. The van der Waals surface area contributed by atoms with Crippen LogP contribution in [0.5, 0.6) is 0 Å². The molecule has 11 rings (SSSR count). The van der Waals surface area contributed by atoms with Crippen LogP contribution < -0.4 is 0 Å². The van der Waals surface area contributed by atoms with Crippen molar-refractivity contribution in [1.29, 1.82) is 0 Å². The first-order chi connectivity index (χ1) is 28.0. The molecule has 1 aliphatic carbocycles. The van der Waals surface area contributed by atoms with E-state index in [1.807, 2.05) is 6.07 Å². The van der Waals surface area contributed by atoms with Crippen LogP contribution in [0, 0.1) is 0 Å². The van der Waals surface area contributed by atoms with Crippen molar-refractivity contribution in [1.82, 2.24) is 9.97 Å². The lowest BCUT2D eigenvalue weighted by atomic mass is 9.81. The van der Waals surface area contributed by atoms with Crippen LogP contribution in [0.1, 0.15) is 25.0 Å². The first-order valence-corrected chi connectivity index (χ1v) is 19.7. The third-order valence-corrected chi connectivity index (χ3v) is 12.1. The minimum Gasteiger partial charge on any atom is -0.228 e. The maximum atomic E-state index is 5.34. The molecule has 0 saturated carbocycles. The summed E-state index contributed by atoms with van der Waals surface area (Å²) in [5, 5.41) is 7.38. The van der Waals surface area contributed by atoms with E-state index in [0.717, 1.165) is 33.5 Å². The lowest BCUT2D eigenvalue weighted by Crippen LogP contribution is -2.14. The molecule has 0 atom stereocenters. The minimum absolute atomic E-state index is 0.150. The van der Waals surface area contributed by atoms with Crippen molar-refractivity contribution >= 4 is 32.3 Å². The second-order valence-corrected chi connectivity index (χ2v) is 15.8. The lowest BCUT2D eigenvalue weighted by molar-refractivity contribution is 0.661. The van der Waals surface area contributed by atoms with Crippen LogP contribution in [-0.2, 0) is 5.41 Å². The zero-order valence-corrected chi connectivity index (χ0v) is 31.9. The summed E-state index contributed by atoms with van der Waals surface area (Å²) in [5.74, 6) is 0.717. The number of hydrogen-bond donors (Lipinski definition) is 0. The van der Waals surface area contributed by atoms with Gasteiger partial charge in [-0.3, -0.25) is 0 Å². The summed E-state index contributed by atoms with van der Waals surface area (Å²) in [5.41, 5.74) is 14.9. The second-order valence-electron chi connectivity index (χ2n) is 15.8. The summed E-state index contributed by atoms with van der Waals surface area (Å²) in [4.78, 5) is 10.7. The van der Waals surface area contributed by atoms with Gasteiger partial charge in [0.25, 0.3) is 0 Å². The van der Waals surface area contributed by atoms with E-state index in [0.29, 0.717) is 5.82 Å². The van der Waals surface area contributed by atoms with Crippen molar-refractivity contribution in [2.45, 2.75) is 19.3 Å². The van der Waals surface area contributed by atoms with E-state index in [9.17, 15) is 0 Å². The highest BCUT2D eigenvalue weighted by molar-refractivity contribution is 6.05. The number of aromatic nitrogens is 2. The number of nitrogens with zero attached hydrogens (tertiary/aromatic N) is 2. The van der Waals surface area contributed by atoms with Crippen LogP contribution in [0.4, 0.5) is 0 Å². The highest BCUT2D eigenvalue weighted by Crippen LogP contribution is 2.53. The van der Waals surface area contributed by atoms with Crippen LogP contribution in [0.2, 0.25) is 0 Å². The topological polar surface area (TPSA) is 25.8 Å². The zero-order chi connectivity index (χ0) is 38.1. The Hall–Kier alpha value is -7.16. The molecule has 0 fully saturated rings. The summed E-state index contributed by atoms with van der Waals surface area (Å²) in [7, 11) is 0. The van der Waals surface area contributed by atoms with Gasteiger partial charge in [0.15, 0.2) is 5.82 Å². The third-order valence-electron chi connectivity index (χ3n) is 12.1. The molecule has 0 aliphatic heterocycles. The summed E-state index contributed by atoms with van der Waals surface area (Å²) < 4.78 is 0. The van der Waals surface area contributed by atoms with Crippen LogP contribution >= 0.6 is 0 Å². The molecule has 268 valence electrons. The van der Waals surface area contributed by atoms with E-state index in [1.165, 1.54) is 71.4 Å². The molecule has 1 aromatic heterocycles. The van der Waals surface area contributed by atoms with E-state index in [1.54, 1.807) is 0 Å². The molecule has 2 heteroatoms. The smallest absolute Gasteiger partial charge is 0.160 e. The van der Waals surface area contributed by atoms with Gasteiger partial charge in [0.2, 0.25) is 0 Å². The average Bonchev–Trinajstić information content (AvgIpc) is 3.50. The van der Waals surface area contributed by atoms with Gasteiger partial charge in [0, 0.05) is 22.1 Å². The Morgan fingerprint density at radius 1 is 0.333 bits per heavy atom. The molecule has 1 heterocycles. The van der Waals surface area contributed by atoms with Gasteiger partial charge in [-0.15, -0.1) is 0 Å². The van der Waals surface area contributed by atoms with Gasteiger partial charge in [0.05, 0.1) is 11.4 Å². The van der Waals surface area contributed by atoms with Gasteiger partial charge in [-0.2, -0.15) is 0 Å². The molecule has 10 aromatic rings. The summed E-state index contributed by atoms with van der Waals surface area (Å²) in [6, 6.07) is 70.2. The Morgan fingerprint density at radius 3 is 1.67 bits per heavy atom. The Morgan fingerprint density at radius 2 is 0.912 bits per heavy atom. The molecule has 0 saturated heterocycles. The number of rotatable bonds is 5. The molecule has 0 spiro atoms. The van der Waals surface area contributed by atoms with E-state index < -0.39 is 0 Å². The molecule has 0 N–H and O–H groups in total. The Bertz CT molecular complexity index is 3190. The Kier molecular flexibility index (Phi) is 7.55. The number of hydrogen-bond acceptors (Lipinski definition) is 2. The molecule has 2 nitrogen and oxygen atoms in total. The standard InChI is InChI=1S/C55H38N2/c1-55(2)49-22-12-21-47(53(49)48-32-40-17-8-9-18-41(40)33-50(48)55)52-34-51(56-54(57-52)38-14-4-3-5-15-38)46-30-29-43(44-19-10-11-20-45(44)46)37-26-23-36(24-27-37)42-28-25-35-13-6-7-16-39(35)31-42/h3-34H,1-2H3. The van der Waals surface area contributed by atoms with Gasteiger partial charge in [0.1, 0.15) is 0 Å². The molecule has 57 heavy (non-hydrogen) atoms. The summed E-state index contributed by atoms with van der Waals surface area (Å²) >= 11 is 0. The zero-order valence-electron chi connectivity index (χ0n) is 31.9. The fourth-order valence-electron chi connectivity index (χ4n) is 9.11. The van der Waals surface area contributed by atoms with Crippen LogP contribution in [0.25, 0.3) is 99.6 Å². The Labute approximate surface area is 332 Å². The lowest BCUT2D eigenvalue weighted by Gasteiger charge is -2.22. The quantitative estimate of drug-likeness (QED) is 0.176. The molecule has 0 unspecified atom stereocenters. The van der Waals surface area contributed by atoms with Gasteiger partial charge in [-0.25, -0.2) is 9.97 Å². The van der Waals surface area contributed by atoms with Crippen molar-refractivity contribution in [3.63, 3.8) is 0 Å². The minimum atomic E-state index is -0.150. The molecular weight excluding hydrogens is 689 g/mol. The van der Waals surface area contributed by atoms with Crippen LogP contribution in [0.3, 0.4) is 0 Å². The van der Waals surface area contributed by atoms with Crippen molar-refractivity contribution in [3.05, 3.63) is 205 Å². The normalized spacial score (nSPS) is 12.9. The van der Waals surface area contributed by atoms with Gasteiger partial charge in [-0.1, -0.05) is 184 Å². The van der Waals surface area contributed by atoms with Crippen LogP contribution in [-0.4, -0.2) is 9.97 Å². The average molecular weight is 727 g/mol. The van der Waals surface area contributed by atoms with Crippen molar-refractivity contribution < 1.29 is 0 Å². The molecule has 9 aromatic carbocycles. The van der Waals surface area contributed by atoms with Crippen molar-refractivity contribution in [2.75, 3.05) is 0 Å². The predicted molar refractivity (Wildman–Crippen MR) is 239 cm³/mol. The van der Waals surface area contributed by atoms with E-state index >= 15 is 0 Å². The highest BCUT2D eigenvalue weighted by Gasteiger charge is 2.37. The molecule has 0 bridgehead atoms. The maximum Gasteiger partial charge on any atom is 0.160 e. The predicted octanol–water partition coefficient (Wildman–Crippen LogP) is 14.6.